The van der Waals surface area contributed by atoms with Crippen LogP contribution in [0, 0.1) is 6.92 Å². The highest BCUT2D eigenvalue weighted by Crippen LogP contribution is 2.34. The van der Waals surface area contributed by atoms with Crippen molar-refractivity contribution in [2.75, 3.05) is 0 Å². The van der Waals surface area contributed by atoms with Gasteiger partial charge in [-0.3, -0.25) is 0 Å². The summed E-state index contributed by atoms with van der Waals surface area (Å²) in [5, 5.41) is 2.85. The van der Waals surface area contributed by atoms with E-state index in [4.69, 9.17) is 0 Å². The van der Waals surface area contributed by atoms with Gasteiger partial charge in [-0.15, -0.1) is 0 Å². The average molecular weight is 401 g/mol. The predicted octanol–water partition coefficient (Wildman–Crippen LogP) is 7.62. The topological polar surface area (TPSA) is 9.86 Å². The number of unbranched alkanes of at least 4 members (excludes halogenated alkanes) is 1. The Balaban J connectivity index is 1.48. The minimum Gasteiger partial charge on any atom is -0.347 e. The van der Waals surface area contributed by atoms with Crippen molar-refractivity contribution in [3.63, 3.8) is 0 Å². The van der Waals surface area contributed by atoms with E-state index in [9.17, 15) is 0 Å². The van der Waals surface area contributed by atoms with Gasteiger partial charge in [0, 0.05) is 47.3 Å². The molecule has 0 fully saturated rings. The van der Waals surface area contributed by atoms with E-state index in [1.54, 1.807) is 5.56 Å². The molecule has 1 atom stereocenters. The van der Waals surface area contributed by atoms with Crippen LogP contribution in [0.1, 0.15) is 74.4 Å². The lowest BCUT2D eigenvalue weighted by Gasteiger charge is -2.15. The van der Waals surface area contributed by atoms with Gasteiger partial charge < -0.3 is 9.13 Å². The summed E-state index contributed by atoms with van der Waals surface area (Å²) in [5.74, 6) is 1.13. The molecule has 0 aliphatic carbocycles. The van der Waals surface area contributed by atoms with Crippen LogP contribution in [-0.2, 0) is 20.5 Å². The number of nitrogens with zero attached hydrogens (tertiary/aromatic N) is 2. The average Bonchev–Trinajstić information content (AvgIpc) is 3.17. The summed E-state index contributed by atoms with van der Waals surface area (Å²) in [7, 11) is 4.46. The molecule has 0 aliphatic heterocycles. The van der Waals surface area contributed by atoms with Gasteiger partial charge in [0.2, 0.25) is 0 Å². The van der Waals surface area contributed by atoms with Gasteiger partial charge >= 0.3 is 0 Å². The third-order valence-electron chi connectivity index (χ3n) is 7.00. The van der Waals surface area contributed by atoms with Crippen molar-refractivity contribution in [2.45, 2.75) is 65.2 Å². The number of aryl methyl sites for hydroxylation is 4. The Morgan fingerprint density at radius 2 is 1.30 bits per heavy atom. The van der Waals surface area contributed by atoms with Crippen molar-refractivity contribution in [3.05, 3.63) is 71.0 Å². The second kappa shape index (κ2) is 8.34. The zero-order chi connectivity index (χ0) is 21.4. The summed E-state index contributed by atoms with van der Waals surface area (Å²) in [4.78, 5) is 0. The van der Waals surface area contributed by atoms with Crippen LogP contribution in [0.25, 0.3) is 21.8 Å². The van der Waals surface area contributed by atoms with E-state index in [0.717, 1.165) is 0 Å². The second-order valence-corrected chi connectivity index (χ2v) is 9.33. The second-order valence-electron chi connectivity index (χ2n) is 9.33. The Morgan fingerprint density at radius 1 is 0.733 bits per heavy atom. The fourth-order valence-corrected chi connectivity index (χ4v) is 5.68. The minimum absolute atomic E-state index is 0.551. The molecule has 2 heteroatoms. The van der Waals surface area contributed by atoms with Crippen molar-refractivity contribution in [1.29, 1.82) is 0 Å². The van der Waals surface area contributed by atoms with Crippen LogP contribution in [0.3, 0.4) is 0 Å². The molecule has 30 heavy (non-hydrogen) atoms. The van der Waals surface area contributed by atoms with E-state index >= 15 is 0 Å². The molecule has 2 heterocycles. The number of benzene rings is 2. The molecule has 2 aromatic carbocycles. The molecule has 0 spiro atoms. The zero-order valence-corrected chi connectivity index (χ0v) is 19.5. The molecule has 0 N–H and O–H groups in total. The SMILES string of the molecule is Cc1c(C(C)CCCCc2c(C(C)C)n(C)c3ccccc23)n(C)c2ccccc12. The number of hydrogen-bond donors (Lipinski definition) is 0. The molecule has 0 bridgehead atoms. The van der Waals surface area contributed by atoms with E-state index in [-0.39, 0.29) is 0 Å². The molecule has 0 saturated carbocycles. The van der Waals surface area contributed by atoms with Crippen molar-refractivity contribution < 1.29 is 0 Å². The van der Waals surface area contributed by atoms with E-state index in [2.05, 4.69) is 99.5 Å². The maximum atomic E-state index is 2.41. The van der Waals surface area contributed by atoms with Crippen LogP contribution in [0.15, 0.2) is 48.5 Å². The van der Waals surface area contributed by atoms with Crippen LogP contribution in [0.2, 0.25) is 0 Å². The monoisotopic (exact) mass is 400 g/mol. The lowest BCUT2D eigenvalue weighted by Crippen LogP contribution is -2.04. The molecule has 0 radical (unpaired) electrons. The normalized spacial score (nSPS) is 13.0. The molecule has 4 rings (SSSR count). The molecule has 0 amide bonds. The molecule has 158 valence electrons. The molecule has 2 nitrogen and oxygen atoms in total. The van der Waals surface area contributed by atoms with Gasteiger partial charge in [0.15, 0.2) is 0 Å². The number of aromatic nitrogens is 2. The van der Waals surface area contributed by atoms with Crippen molar-refractivity contribution in [3.8, 4) is 0 Å². The predicted molar refractivity (Wildman–Crippen MR) is 131 cm³/mol. The first-order valence-electron chi connectivity index (χ1n) is 11.5. The highest BCUT2D eigenvalue weighted by atomic mass is 15.0. The van der Waals surface area contributed by atoms with E-state index in [1.807, 2.05) is 0 Å². The van der Waals surface area contributed by atoms with Gasteiger partial charge in [-0.2, -0.15) is 0 Å². The number of para-hydroxylation sites is 2. The van der Waals surface area contributed by atoms with Gasteiger partial charge in [0.1, 0.15) is 0 Å². The maximum absolute atomic E-state index is 2.41. The van der Waals surface area contributed by atoms with Gasteiger partial charge in [-0.1, -0.05) is 63.6 Å². The number of hydrogen-bond acceptors (Lipinski definition) is 0. The first-order valence-corrected chi connectivity index (χ1v) is 11.5. The Morgan fingerprint density at radius 3 is 1.93 bits per heavy atom. The first kappa shape index (κ1) is 20.8. The highest BCUT2D eigenvalue weighted by Gasteiger charge is 2.19. The Labute approximate surface area is 181 Å². The van der Waals surface area contributed by atoms with E-state index in [1.165, 1.54) is 64.4 Å². The smallest absolute Gasteiger partial charge is 0.0482 e. The van der Waals surface area contributed by atoms with Crippen LogP contribution >= 0.6 is 0 Å². The molecule has 2 aromatic heterocycles. The lowest BCUT2D eigenvalue weighted by molar-refractivity contribution is 0.576. The Kier molecular flexibility index (Phi) is 5.77. The summed E-state index contributed by atoms with van der Waals surface area (Å²) in [5.41, 5.74) is 8.76. The van der Waals surface area contributed by atoms with Crippen LogP contribution in [-0.4, -0.2) is 9.13 Å². The number of fused-ring (bicyclic) bond motifs is 2. The van der Waals surface area contributed by atoms with E-state index < -0.39 is 0 Å². The Hall–Kier alpha value is -2.48. The molecular formula is C28H36N2. The maximum Gasteiger partial charge on any atom is 0.0482 e. The molecule has 1 unspecified atom stereocenters. The molecule has 0 saturated heterocycles. The lowest BCUT2D eigenvalue weighted by atomic mass is 9.94. The third kappa shape index (κ3) is 3.47. The zero-order valence-electron chi connectivity index (χ0n) is 19.5. The third-order valence-corrected chi connectivity index (χ3v) is 7.00. The van der Waals surface area contributed by atoms with Crippen molar-refractivity contribution in [2.24, 2.45) is 14.1 Å². The fraction of sp³-hybridized carbons (Fsp3) is 0.429. The number of rotatable bonds is 7. The Bertz CT molecular complexity index is 1130. The molecule has 0 aliphatic rings. The van der Waals surface area contributed by atoms with Crippen LogP contribution in [0.5, 0.6) is 0 Å². The van der Waals surface area contributed by atoms with Gasteiger partial charge in [0.05, 0.1) is 0 Å². The van der Waals surface area contributed by atoms with Crippen LogP contribution < -0.4 is 0 Å². The minimum atomic E-state index is 0.551. The summed E-state index contributed by atoms with van der Waals surface area (Å²) in [6.45, 7) is 9.34. The largest absolute Gasteiger partial charge is 0.347 e. The molecule has 4 aromatic rings. The standard InChI is InChI=1S/C28H36N2/c1-19(2)27-24(23-15-10-12-18-26(23)29(27)5)16-8-7-13-20(3)28-21(4)22-14-9-11-17-25(22)30(28)6/h9-12,14-15,17-20H,7-8,13,16H2,1-6H3. The molecular weight excluding hydrogens is 364 g/mol. The first-order chi connectivity index (χ1) is 14.4. The highest BCUT2D eigenvalue weighted by molar-refractivity contribution is 5.86. The van der Waals surface area contributed by atoms with E-state index in [0.29, 0.717) is 11.8 Å². The quantitative estimate of drug-likeness (QED) is 0.282. The summed E-state index contributed by atoms with van der Waals surface area (Å²) < 4.78 is 4.83. The van der Waals surface area contributed by atoms with Crippen molar-refractivity contribution >= 4 is 21.8 Å². The van der Waals surface area contributed by atoms with Crippen molar-refractivity contribution in [1.82, 2.24) is 9.13 Å². The summed E-state index contributed by atoms with van der Waals surface area (Å²) in [6.07, 6.45) is 4.94. The fourth-order valence-electron chi connectivity index (χ4n) is 5.68. The summed E-state index contributed by atoms with van der Waals surface area (Å²) >= 11 is 0. The van der Waals surface area contributed by atoms with Gasteiger partial charge in [-0.25, -0.2) is 0 Å². The van der Waals surface area contributed by atoms with Gasteiger partial charge in [0.25, 0.3) is 0 Å². The van der Waals surface area contributed by atoms with Gasteiger partial charge in [-0.05, 0) is 61.3 Å². The summed E-state index contributed by atoms with van der Waals surface area (Å²) in [6, 6.07) is 17.7. The van der Waals surface area contributed by atoms with Crippen LogP contribution in [0.4, 0.5) is 0 Å².